The minimum absolute atomic E-state index is 0.0238. The lowest BCUT2D eigenvalue weighted by Crippen LogP contribution is -2.28. The first kappa shape index (κ1) is 26.2. The lowest BCUT2D eigenvalue weighted by molar-refractivity contribution is -0.151. The predicted molar refractivity (Wildman–Crippen MR) is 143 cm³/mol. The fourth-order valence-corrected chi connectivity index (χ4v) is 4.08. The van der Waals surface area contributed by atoms with Crippen molar-refractivity contribution in [1.29, 1.82) is 0 Å². The van der Waals surface area contributed by atoms with Gasteiger partial charge >= 0.3 is 5.97 Å². The van der Waals surface area contributed by atoms with E-state index in [1.54, 1.807) is 53.4 Å². The first-order chi connectivity index (χ1) is 17.6. The maximum Gasteiger partial charge on any atom is 0.311 e. The highest BCUT2D eigenvalue weighted by Crippen LogP contribution is 2.30. The molecule has 1 aliphatic heterocycles. The number of nitrogens with one attached hydrogen (secondary N) is 1. The van der Waals surface area contributed by atoms with Crippen molar-refractivity contribution in [3.05, 3.63) is 83.4 Å². The molecule has 7 nitrogen and oxygen atoms in total. The van der Waals surface area contributed by atoms with E-state index in [0.29, 0.717) is 22.1 Å². The second-order valence-corrected chi connectivity index (χ2v) is 10.4. The zero-order valence-corrected chi connectivity index (χ0v) is 21.7. The van der Waals surface area contributed by atoms with E-state index in [-0.39, 0.29) is 24.3 Å². The minimum atomic E-state index is -0.645. The summed E-state index contributed by atoms with van der Waals surface area (Å²) in [4.78, 5) is 38.7. The van der Waals surface area contributed by atoms with Gasteiger partial charge in [-0.3, -0.25) is 14.4 Å². The zero-order valence-electron chi connectivity index (χ0n) is 21.0. The summed E-state index contributed by atoms with van der Waals surface area (Å²) in [5, 5.41) is 3.18. The molecule has 1 heterocycles. The fraction of sp³-hybridized carbons (Fsp3) is 0.276. The maximum absolute atomic E-state index is 12.6. The molecule has 4 rings (SSSR count). The van der Waals surface area contributed by atoms with E-state index in [1.165, 1.54) is 5.56 Å². The molecule has 0 aliphatic carbocycles. The van der Waals surface area contributed by atoms with Gasteiger partial charge in [-0.15, -0.1) is 0 Å². The third-order valence-electron chi connectivity index (χ3n) is 6.04. The quantitative estimate of drug-likeness (QED) is 0.388. The average Bonchev–Trinajstić information content (AvgIpc) is 3.26. The summed E-state index contributed by atoms with van der Waals surface area (Å²) in [5.74, 6) is -0.518. The molecule has 0 aromatic heterocycles. The van der Waals surface area contributed by atoms with Gasteiger partial charge in [0, 0.05) is 29.4 Å². The molecule has 192 valence electrons. The van der Waals surface area contributed by atoms with Gasteiger partial charge in [-0.05, 0) is 71.6 Å². The molecular weight excluding hydrogens is 492 g/mol. The first-order valence-electron chi connectivity index (χ1n) is 12.0. The molecule has 1 fully saturated rings. The van der Waals surface area contributed by atoms with Crippen LogP contribution in [0.2, 0.25) is 5.02 Å². The van der Waals surface area contributed by atoms with Gasteiger partial charge in [-0.1, -0.05) is 44.5 Å². The number of rotatable bonds is 7. The van der Waals surface area contributed by atoms with Crippen LogP contribution in [0.3, 0.4) is 0 Å². The Morgan fingerprint density at radius 2 is 1.54 bits per heavy atom. The van der Waals surface area contributed by atoms with Gasteiger partial charge in [0.15, 0.2) is 6.61 Å². The molecule has 0 saturated carbocycles. The topological polar surface area (TPSA) is 84.9 Å². The average molecular weight is 521 g/mol. The van der Waals surface area contributed by atoms with Crippen molar-refractivity contribution >= 4 is 40.8 Å². The Morgan fingerprint density at radius 1 is 0.946 bits per heavy atom. The largest absolute Gasteiger partial charge is 0.457 e. The van der Waals surface area contributed by atoms with E-state index < -0.39 is 24.4 Å². The van der Waals surface area contributed by atoms with Crippen LogP contribution in [0.1, 0.15) is 32.8 Å². The Labute approximate surface area is 221 Å². The second-order valence-electron chi connectivity index (χ2n) is 9.94. The van der Waals surface area contributed by atoms with Crippen LogP contribution in [0.15, 0.2) is 72.8 Å². The predicted octanol–water partition coefficient (Wildman–Crippen LogP) is 5.96. The molecule has 1 N–H and O–H groups in total. The summed E-state index contributed by atoms with van der Waals surface area (Å²) >= 11 is 5.83. The molecule has 0 radical (unpaired) electrons. The lowest BCUT2D eigenvalue weighted by atomic mass is 9.87. The summed E-state index contributed by atoms with van der Waals surface area (Å²) in [6.45, 7) is 6.22. The SMILES string of the molecule is CC(C)(C)c1ccc(Oc2ccc(N3C[C@H](C(=O)OCC(=O)Nc4ccc(Cl)cc4)CC3=O)cc2)cc1. The molecule has 3 aromatic rings. The van der Waals surface area contributed by atoms with E-state index >= 15 is 0 Å². The first-order valence-corrected chi connectivity index (χ1v) is 12.4. The third-order valence-corrected chi connectivity index (χ3v) is 6.29. The molecule has 1 aliphatic rings. The molecule has 2 amide bonds. The van der Waals surface area contributed by atoms with Crippen LogP contribution in [0.4, 0.5) is 11.4 Å². The summed E-state index contributed by atoms with van der Waals surface area (Å²) in [6.07, 6.45) is 0.0238. The minimum Gasteiger partial charge on any atom is -0.457 e. The van der Waals surface area contributed by atoms with Crippen LogP contribution in [-0.4, -0.2) is 30.9 Å². The standard InChI is InChI=1S/C29H29ClN2O5/c1-29(2,3)20-4-12-24(13-5-20)37-25-14-10-23(11-15-25)32-17-19(16-27(32)34)28(35)36-18-26(33)31-22-8-6-21(30)7-9-22/h4-15,19H,16-18H2,1-3H3,(H,31,33)/t19-/m1/s1. The number of esters is 1. The van der Waals surface area contributed by atoms with Crippen molar-refractivity contribution in [2.75, 3.05) is 23.4 Å². The van der Waals surface area contributed by atoms with Crippen LogP contribution in [0.5, 0.6) is 11.5 Å². The Hall–Kier alpha value is -3.84. The van der Waals surface area contributed by atoms with Crippen molar-refractivity contribution < 1.29 is 23.9 Å². The number of amides is 2. The monoisotopic (exact) mass is 520 g/mol. The summed E-state index contributed by atoms with van der Waals surface area (Å²) in [7, 11) is 0. The van der Waals surface area contributed by atoms with Crippen LogP contribution in [0, 0.1) is 5.92 Å². The molecule has 0 bridgehead atoms. The number of ether oxygens (including phenoxy) is 2. The van der Waals surface area contributed by atoms with E-state index in [4.69, 9.17) is 21.1 Å². The number of benzene rings is 3. The van der Waals surface area contributed by atoms with Crippen molar-refractivity contribution in [2.24, 2.45) is 5.92 Å². The van der Waals surface area contributed by atoms with Crippen LogP contribution >= 0.6 is 11.6 Å². The highest BCUT2D eigenvalue weighted by atomic mass is 35.5. The highest BCUT2D eigenvalue weighted by Gasteiger charge is 2.36. The highest BCUT2D eigenvalue weighted by molar-refractivity contribution is 6.30. The smallest absolute Gasteiger partial charge is 0.311 e. The molecular formula is C29H29ClN2O5. The second kappa shape index (κ2) is 11.0. The number of hydrogen-bond donors (Lipinski definition) is 1. The maximum atomic E-state index is 12.6. The van der Waals surface area contributed by atoms with Gasteiger partial charge in [-0.25, -0.2) is 0 Å². The van der Waals surface area contributed by atoms with E-state index in [1.807, 2.05) is 24.3 Å². The normalized spacial score (nSPS) is 15.4. The molecule has 0 unspecified atom stereocenters. The van der Waals surface area contributed by atoms with E-state index in [2.05, 4.69) is 26.1 Å². The van der Waals surface area contributed by atoms with Gasteiger partial charge in [-0.2, -0.15) is 0 Å². The molecule has 37 heavy (non-hydrogen) atoms. The third kappa shape index (κ3) is 6.89. The van der Waals surface area contributed by atoms with Crippen molar-refractivity contribution in [3.8, 4) is 11.5 Å². The molecule has 1 atom stereocenters. The Balaban J connectivity index is 1.29. The van der Waals surface area contributed by atoms with Crippen LogP contribution in [0.25, 0.3) is 0 Å². The number of nitrogens with zero attached hydrogens (tertiary/aromatic N) is 1. The Kier molecular flexibility index (Phi) is 7.83. The van der Waals surface area contributed by atoms with E-state index in [0.717, 1.165) is 5.75 Å². The summed E-state index contributed by atoms with van der Waals surface area (Å²) in [5.41, 5.74) is 2.49. The number of carbonyl (C=O) groups excluding carboxylic acids is 3. The number of carbonyl (C=O) groups is 3. The number of halogens is 1. The Bertz CT molecular complexity index is 1270. The number of anilines is 2. The van der Waals surface area contributed by atoms with Gasteiger partial charge in [0.1, 0.15) is 11.5 Å². The number of hydrogen-bond acceptors (Lipinski definition) is 5. The summed E-state index contributed by atoms with van der Waals surface area (Å²) in [6, 6.07) is 21.7. The van der Waals surface area contributed by atoms with Crippen molar-refractivity contribution in [2.45, 2.75) is 32.6 Å². The fourth-order valence-electron chi connectivity index (χ4n) is 3.95. The van der Waals surface area contributed by atoms with Crippen LogP contribution < -0.4 is 15.0 Å². The molecule has 8 heteroatoms. The summed E-state index contributed by atoms with van der Waals surface area (Å²) < 4.78 is 11.1. The van der Waals surface area contributed by atoms with Crippen LogP contribution in [-0.2, 0) is 24.5 Å². The van der Waals surface area contributed by atoms with Gasteiger partial charge in [0.25, 0.3) is 5.91 Å². The van der Waals surface area contributed by atoms with Gasteiger partial charge < -0.3 is 19.7 Å². The van der Waals surface area contributed by atoms with Crippen molar-refractivity contribution in [3.63, 3.8) is 0 Å². The molecule has 3 aromatic carbocycles. The molecule has 0 spiro atoms. The van der Waals surface area contributed by atoms with E-state index in [9.17, 15) is 14.4 Å². The Morgan fingerprint density at radius 3 is 2.14 bits per heavy atom. The zero-order chi connectivity index (χ0) is 26.6. The lowest BCUT2D eigenvalue weighted by Gasteiger charge is -2.19. The van der Waals surface area contributed by atoms with Crippen molar-refractivity contribution in [1.82, 2.24) is 0 Å². The van der Waals surface area contributed by atoms with Gasteiger partial charge in [0.2, 0.25) is 5.91 Å². The molecule has 1 saturated heterocycles. The van der Waals surface area contributed by atoms with Gasteiger partial charge in [0.05, 0.1) is 5.92 Å².